The summed E-state index contributed by atoms with van der Waals surface area (Å²) in [5.74, 6) is 1.10. The molecular weight excluding hydrogens is 369 g/mol. The number of nitrogens with zero attached hydrogens (tertiary/aromatic N) is 2. The first kappa shape index (κ1) is 20.2. The lowest BCUT2D eigenvalue weighted by Gasteiger charge is -2.24. The van der Waals surface area contributed by atoms with Gasteiger partial charge >= 0.3 is 6.36 Å². The summed E-state index contributed by atoms with van der Waals surface area (Å²) in [7, 11) is 0. The Kier molecular flexibility index (Phi) is 6.26. The second-order valence-electron chi connectivity index (χ2n) is 7.13. The number of aromatic nitrogens is 2. The van der Waals surface area contributed by atoms with E-state index in [1.54, 1.807) is 12.1 Å². The highest BCUT2D eigenvalue weighted by Crippen LogP contribution is 2.25. The number of hydrogen-bond donors (Lipinski definition) is 2. The molecule has 2 aromatic rings. The van der Waals surface area contributed by atoms with E-state index in [1.165, 1.54) is 31.4 Å². The van der Waals surface area contributed by atoms with Crippen LogP contribution in [0.15, 0.2) is 24.3 Å². The van der Waals surface area contributed by atoms with Crippen LogP contribution in [0.2, 0.25) is 0 Å². The van der Waals surface area contributed by atoms with Gasteiger partial charge in [0.05, 0.1) is 0 Å². The lowest BCUT2D eigenvalue weighted by molar-refractivity contribution is -0.274. The normalized spacial score (nSPS) is 15.3. The van der Waals surface area contributed by atoms with Crippen LogP contribution in [-0.4, -0.2) is 22.4 Å². The minimum absolute atomic E-state index is 0.238. The lowest BCUT2D eigenvalue weighted by Crippen LogP contribution is -2.24. The van der Waals surface area contributed by atoms with Crippen LogP contribution in [-0.2, 0) is 6.54 Å². The molecule has 28 heavy (non-hydrogen) atoms. The van der Waals surface area contributed by atoms with Gasteiger partial charge in [-0.1, -0.05) is 31.4 Å². The Bertz CT molecular complexity index is 787. The average Bonchev–Trinajstić information content (AvgIpc) is 2.64. The van der Waals surface area contributed by atoms with E-state index in [0.717, 1.165) is 35.5 Å². The van der Waals surface area contributed by atoms with Crippen LogP contribution in [0.1, 0.15) is 48.9 Å². The molecule has 1 saturated carbocycles. The molecule has 0 atom stereocenters. The van der Waals surface area contributed by atoms with E-state index in [2.05, 4.69) is 25.3 Å². The van der Waals surface area contributed by atoms with E-state index in [9.17, 15) is 13.2 Å². The molecule has 2 N–H and O–H groups in total. The van der Waals surface area contributed by atoms with Crippen LogP contribution < -0.4 is 15.4 Å². The molecule has 5 nitrogen and oxygen atoms in total. The van der Waals surface area contributed by atoms with Gasteiger partial charge in [-0.05, 0) is 44.4 Å². The first-order chi connectivity index (χ1) is 13.3. The fraction of sp³-hybridized carbons (Fsp3) is 0.500. The average molecular weight is 394 g/mol. The van der Waals surface area contributed by atoms with Gasteiger partial charge in [0.25, 0.3) is 0 Å². The zero-order valence-corrected chi connectivity index (χ0v) is 16.1. The Balaban J connectivity index is 1.63. The van der Waals surface area contributed by atoms with Gasteiger partial charge in [-0.3, -0.25) is 0 Å². The highest BCUT2D eigenvalue weighted by atomic mass is 19.4. The highest BCUT2D eigenvalue weighted by Gasteiger charge is 2.30. The molecule has 1 aromatic heterocycles. The van der Waals surface area contributed by atoms with Crippen LogP contribution in [0, 0.1) is 13.8 Å². The predicted molar refractivity (Wildman–Crippen MR) is 102 cm³/mol. The second-order valence-corrected chi connectivity index (χ2v) is 7.13. The van der Waals surface area contributed by atoms with E-state index in [1.807, 2.05) is 13.8 Å². The third-order valence-electron chi connectivity index (χ3n) is 4.94. The fourth-order valence-corrected chi connectivity index (χ4v) is 3.28. The van der Waals surface area contributed by atoms with Gasteiger partial charge < -0.3 is 15.4 Å². The van der Waals surface area contributed by atoms with Crippen molar-refractivity contribution in [3.05, 3.63) is 41.1 Å². The van der Waals surface area contributed by atoms with Gasteiger partial charge in [0, 0.05) is 23.8 Å². The molecular formula is C20H25F3N4O. The van der Waals surface area contributed by atoms with E-state index in [-0.39, 0.29) is 5.75 Å². The third-order valence-corrected chi connectivity index (χ3v) is 4.94. The van der Waals surface area contributed by atoms with Crippen molar-refractivity contribution in [3.63, 3.8) is 0 Å². The van der Waals surface area contributed by atoms with Crippen molar-refractivity contribution in [3.8, 4) is 5.75 Å². The minimum atomic E-state index is -4.69. The molecule has 0 unspecified atom stereocenters. The number of benzene rings is 1. The molecule has 8 heteroatoms. The van der Waals surface area contributed by atoms with Crippen LogP contribution in [0.5, 0.6) is 5.75 Å². The van der Waals surface area contributed by atoms with Crippen LogP contribution in [0.3, 0.4) is 0 Å². The molecule has 1 heterocycles. The molecule has 0 spiro atoms. The number of nitrogens with one attached hydrogen (secondary N) is 2. The molecule has 1 fully saturated rings. The summed E-state index contributed by atoms with van der Waals surface area (Å²) in [6, 6.07) is 6.19. The van der Waals surface area contributed by atoms with Crippen molar-refractivity contribution >= 4 is 11.8 Å². The summed E-state index contributed by atoms with van der Waals surface area (Å²) >= 11 is 0. The zero-order valence-electron chi connectivity index (χ0n) is 16.1. The molecule has 0 saturated heterocycles. The van der Waals surface area contributed by atoms with Crippen molar-refractivity contribution in [1.82, 2.24) is 9.97 Å². The summed E-state index contributed by atoms with van der Waals surface area (Å²) < 4.78 is 40.6. The Morgan fingerprint density at radius 3 is 2.36 bits per heavy atom. The van der Waals surface area contributed by atoms with Crippen molar-refractivity contribution < 1.29 is 17.9 Å². The van der Waals surface area contributed by atoms with E-state index in [4.69, 9.17) is 0 Å². The number of anilines is 2. The molecule has 1 aliphatic rings. The number of aryl methyl sites for hydroxylation is 1. The number of halogens is 3. The Labute approximate surface area is 162 Å². The summed E-state index contributed by atoms with van der Waals surface area (Å²) in [4.78, 5) is 9.07. The number of ether oxygens (including phenoxy) is 1. The zero-order chi connectivity index (χ0) is 20.1. The molecule has 152 valence electrons. The van der Waals surface area contributed by atoms with E-state index in [0.29, 0.717) is 18.5 Å². The van der Waals surface area contributed by atoms with Gasteiger partial charge in [-0.15, -0.1) is 13.2 Å². The fourth-order valence-electron chi connectivity index (χ4n) is 3.28. The first-order valence-electron chi connectivity index (χ1n) is 9.50. The molecule has 0 bridgehead atoms. The van der Waals surface area contributed by atoms with Gasteiger partial charge in [0.1, 0.15) is 11.6 Å². The van der Waals surface area contributed by atoms with E-state index < -0.39 is 6.36 Å². The number of rotatable bonds is 6. The topological polar surface area (TPSA) is 59.1 Å². The molecule has 3 rings (SSSR count). The molecule has 0 amide bonds. The van der Waals surface area contributed by atoms with Crippen molar-refractivity contribution in [1.29, 1.82) is 0 Å². The summed E-state index contributed by atoms with van der Waals surface area (Å²) in [5.41, 5.74) is 2.73. The monoisotopic (exact) mass is 394 g/mol. The van der Waals surface area contributed by atoms with Crippen molar-refractivity contribution in [2.24, 2.45) is 0 Å². The quantitative estimate of drug-likeness (QED) is 0.692. The van der Waals surface area contributed by atoms with Gasteiger partial charge in [0.2, 0.25) is 5.95 Å². The van der Waals surface area contributed by atoms with E-state index >= 15 is 0 Å². The van der Waals surface area contributed by atoms with Crippen molar-refractivity contribution in [2.75, 3.05) is 10.6 Å². The van der Waals surface area contributed by atoms with Crippen LogP contribution in [0.25, 0.3) is 0 Å². The maximum Gasteiger partial charge on any atom is 0.573 e. The number of hydrogen-bond acceptors (Lipinski definition) is 5. The highest BCUT2D eigenvalue weighted by molar-refractivity contribution is 5.50. The van der Waals surface area contributed by atoms with Gasteiger partial charge in [-0.2, -0.15) is 4.98 Å². The standard InChI is InChI=1S/C20H25F3N4O/c1-13-14(2)25-19(27-18(13)26-16-6-4-3-5-7-16)24-12-15-8-10-17(11-9-15)28-20(21,22)23/h8-11,16H,3-7,12H2,1-2H3,(H2,24,25,26,27). The van der Waals surface area contributed by atoms with Gasteiger partial charge in [0.15, 0.2) is 0 Å². The molecule has 0 aliphatic heterocycles. The van der Waals surface area contributed by atoms with Crippen molar-refractivity contribution in [2.45, 2.75) is 64.9 Å². The summed E-state index contributed by atoms with van der Waals surface area (Å²) in [6.07, 6.45) is 1.38. The Hall–Kier alpha value is -2.51. The maximum atomic E-state index is 12.2. The predicted octanol–water partition coefficient (Wildman–Crippen LogP) is 5.35. The third kappa shape index (κ3) is 5.74. The number of alkyl halides is 3. The Morgan fingerprint density at radius 2 is 1.71 bits per heavy atom. The van der Waals surface area contributed by atoms with Crippen LogP contribution >= 0.6 is 0 Å². The Morgan fingerprint density at radius 1 is 1.04 bits per heavy atom. The largest absolute Gasteiger partial charge is 0.573 e. The van der Waals surface area contributed by atoms with Crippen LogP contribution in [0.4, 0.5) is 24.9 Å². The summed E-state index contributed by atoms with van der Waals surface area (Å²) in [6.45, 7) is 4.35. The molecule has 1 aliphatic carbocycles. The maximum absolute atomic E-state index is 12.2. The second kappa shape index (κ2) is 8.67. The molecule has 0 radical (unpaired) electrons. The SMILES string of the molecule is Cc1nc(NCc2ccc(OC(F)(F)F)cc2)nc(NC2CCCCC2)c1C. The lowest BCUT2D eigenvalue weighted by atomic mass is 9.95. The minimum Gasteiger partial charge on any atom is -0.406 e. The van der Waals surface area contributed by atoms with Gasteiger partial charge in [-0.25, -0.2) is 4.98 Å². The first-order valence-corrected chi connectivity index (χ1v) is 9.50. The molecule has 1 aromatic carbocycles. The smallest absolute Gasteiger partial charge is 0.406 e. The summed E-state index contributed by atoms with van der Waals surface area (Å²) in [5, 5.41) is 6.69.